The van der Waals surface area contributed by atoms with Crippen LogP contribution in [0.5, 0.6) is 11.5 Å². The number of esters is 1. The normalized spacial score (nSPS) is 19.5. The molecule has 3 atom stereocenters. The summed E-state index contributed by atoms with van der Waals surface area (Å²) in [6.45, 7) is 20.1. The molecule has 0 spiro atoms. The number of nitrogens with one attached hydrogen (secondary N) is 1. The van der Waals surface area contributed by atoms with Crippen molar-refractivity contribution in [2.75, 3.05) is 39.3 Å². The van der Waals surface area contributed by atoms with Crippen LogP contribution in [0.3, 0.4) is 0 Å². The molecule has 7 rings (SSSR count). The van der Waals surface area contributed by atoms with Gasteiger partial charge in [0.25, 0.3) is 0 Å². The number of aliphatic hydroxyl groups is 1. The highest BCUT2D eigenvalue weighted by molar-refractivity contribution is 6.74. The number of H-pyrrole nitrogens is 1. The van der Waals surface area contributed by atoms with Gasteiger partial charge in [-0.3, -0.25) is 9.69 Å². The fourth-order valence-corrected chi connectivity index (χ4v) is 9.23. The number of fused-ring (bicyclic) bond motifs is 4. The maximum Gasteiger partial charge on any atom is 0.410 e. The predicted molar refractivity (Wildman–Crippen MR) is 239 cm³/mol. The smallest absolute Gasteiger partial charge is 0.410 e. The molecule has 61 heavy (non-hydrogen) atoms. The van der Waals surface area contributed by atoms with Crippen LogP contribution in [-0.4, -0.2) is 96.4 Å². The van der Waals surface area contributed by atoms with Gasteiger partial charge in [0.2, 0.25) is 11.2 Å². The molecular weight excluding hydrogens is 791 g/mol. The Morgan fingerprint density at radius 2 is 1.56 bits per heavy atom. The van der Waals surface area contributed by atoms with E-state index < -0.39 is 37.7 Å². The van der Waals surface area contributed by atoms with Crippen LogP contribution in [-0.2, 0) is 24.3 Å². The second kappa shape index (κ2) is 18.7. The Hall–Kier alpha value is -4.69. The molecule has 0 aliphatic carbocycles. The number of aromatic amines is 1. The highest BCUT2D eigenvalue weighted by atomic mass is 28.4. The van der Waals surface area contributed by atoms with Crippen molar-refractivity contribution in [3.05, 3.63) is 106 Å². The second-order valence-corrected chi connectivity index (χ2v) is 23.9. The lowest BCUT2D eigenvalue weighted by Gasteiger charge is -2.44. The average Bonchev–Trinajstić information content (AvgIpc) is 3.21. The first-order valence-corrected chi connectivity index (χ1v) is 24.6. The molecule has 4 heterocycles. The van der Waals surface area contributed by atoms with Gasteiger partial charge in [-0.05, 0) is 131 Å². The number of aromatic nitrogens is 1. The molecule has 330 valence electrons. The van der Waals surface area contributed by atoms with Crippen molar-refractivity contribution in [2.45, 2.75) is 115 Å². The van der Waals surface area contributed by atoms with Gasteiger partial charge < -0.3 is 38.7 Å². The molecule has 3 aromatic carbocycles. The molecule has 2 bridgehead atoms. The van der Waals surface area contributed by atoms with Crippen molar-refractivity contribution in [2.24, 2.45) is 5.92 Å². The van der Waals surface area contributed by atoms with Crippen molar-refractivity contribution in [3.63, 3.8) is 0 Å². The Kier molecular flexibility index (Phi) is 14.1. The van der Waals surface area contributed by atoms with Crippen molar-refractivity contribution in [1.82, 2.24) is 14.8 Å². The number of aromatic hydroxyl groups is 1. The Labute approximate surface area is 361 Å². The predicted octanol–water partition coefficient (Wildman–Crippen LogP) is 8.66. The molecule has 0 saturated carbocycles. The largest absolute Gasteiger partial charge is 0.506 e. The van der Waals surface area contributed by atoms with E-state index in [0.29, 0.717) is 66.2 Å². The minimum atomic E-state index is -2.41. The molecule has 1 amide bonds. The van der Waals surface area contributed by atoms with Crippen LogP contribution in [0, 0.1) is 5.92 Å². The fourth-order valence-electron chi connectivity index (χ4n) is 7.97. The van der Waals surface area contributed by atoms with Gasteiger partial charge in [0, 0.05) is 24.5 Å². The number of pyridine rings is 1. The molecule has 4 aromatic rings. The zero-order valence-electron chi connectivity index (χ0n) is 37.2. The lowest BCUT2D eigenvalue weighted by Crippen LogP contribution is -2.53. The van der Waals surface area contributed by atoms with Crippen LogP contribution < -0.4 is 10.3 Å². The number of unbranched alkanes of at least 4 members (excludes halogenated alkanes) is 2. The van der Waals surface area contributed by atoms with Gasteiger partial charge in [-0.1, -0.05) is 69.3 Å². The first-order valence-electron chi connectivity index (χ1n) is 21.7. The number of benzene rings is 3. The lowest BCUT2D eigenvalue weighted by atomic mass is 9.84. The van der Waals surface area contributed by atoms with E-state index in [9.17, 15) is 24.6 Å². The molecule has 3 N–H and O–H groups in total. The Morgan fingerprint density at radius 1 is 0.885 bits per heavy atom. The van der Waals surface area contributed by atoms with Crippen LogP contribution in [0.25, 0.3) is 10.9 Å². The van der Waals surface area contributed by atoms with E-state index in [1.807, 2.05) is 26.8 Å². The highest BCUT2D eigenvalue weighted by Crippen LogP contribution is 2.42. The molecule has 3 aliphatic heterocycles. The molecule has 3 saturated heterocycles. The number of ether oxygens (including phenoxy) is 3. The SMILES string of the molecule is CC(C)(C)OC(=O)N(CCCCCOc1ccc(C(O)(C(=O)O[C@H]2CN3CCC2CC3)c2ccccc2)cc1)C[C@H](O[Si](C)(C)C(C)(C)C)c1ccc(O)c2[nH]c(=O)ccc12. The third-order valence-electron chi connectivity index (χ3n) is 12.5. The summed E-state index contributed by atoms with van der Waals surface area (Å²) < 4.78 is 25.1. The number of hydrogen-bond acceptors (Lipinski definition) is 10. The van der Waals surface area contributed by atoms with E-state index in [2.05, 4.69) is 43.7 Å². The summed E-state index contributed by atoms with van der Waals surface area (Å²) in [5.74, 6) is 0.201. The maximum atomic E-state index is 13.9. The maximum absolute atomic E-state index is 13.9. The van der Waals surface area contributed by atoms with E-state index in [-0.39, 0.29) is 29.0 Å². The first kappa shape index (κ1) is 45.8. The second-order valence-electron chi connectivity index (χ2n) is 19.2. The number of carbonyl (C=O) groups is 2. The number of rotatable bonds is 16. The molecule has 0 radical (unpaired) electrons. The molecule has 1 aromatic heterocycles. The molecule has 1 unspecified atom stereocenters. The molecule has 3 fully saturated rings. The van der Waals surface area contributed by atoms with Crippen LogP contribution in [0.15, 0.2) is 83.7 Å². The Bertz CT molecular complexity index is 2170. The summed E-state index contributed by atoms with van der Waals surface area (Å²) in [5, 5.41) is 23.3. The Morgan fingerprint density at radius 3 is 2.18 bits per heavy atom. The molecule has 13 heteroatoms. The van der Waals surface area contributed by atoms with Crippen LogP contribution in [0.4, 0.5) is 4.79 Å². The van der Waals surface area contributed by atoms with Crippen molar-refractivity contribution in [3.8, 4) is 11.5 Å². The summed E-state index contributed by atoms with van der Waals surface area (Å²) in [7, 11) is -2.41. The van der Waals surface area contributed by atoms with Gasteiger partial charge in [0.1, 0.15) is 23.2 Å². The topological polar surface area (TPSA) is 151 Å². The summed E-state index contributed by atoms with van der Waals surface area (Å²) in [6.07, 6.45) is 2.86. The molecular formula is C48H65N3O9Si. The molecule has 3 aliphatic rings. The number of phenols is 1. The summed E-state index contributed by atoms with van der Waals surface area (Å²) in [6, 6.07) is 22.4. The summed E-state index contributed by atoms with van der Waals surface area (Å²) in [4.78, 5) is 46.7. The van der Waals surface area contributed by atoms with E-state index in [0.717, 1.165) is 37.9 Å². The van der Waals surface area contributed by atoms with Gasteiger partial charge in [-0.2, -0.15) is 0 Å². The van der Waals surface area contributed by atoms with Crippen molar-refractivity contribution >= 4 is 31.3 Å². The zero-order valence-corrected chi connectivity index (χ0v) is 38.2. The first-order chi connectivity index (χ1) is 28.7. The van der Waals surface area contributed by atoms with Crippen LogP contribution >= 0.6 is 0 Å². The average molecular weight is 856 g/mol. The zero-order chi connectivity index (χ0) is 44.2. The van der Waals surface area contributed by atoms with Crippen LogP contribution in [0.2, 0.25) is 18.1 Å². The monoisotopic (exact) mass is 855 g/mol. The van der Waals surface area contributed by atoms with Gasteiger partial charge in [0.15, 0.2) is 8.32 Å². The number of amides is 1. The van der Waals surface area contributed by atoms with Crippen molar-refractivity contribution < 1.29 is 38.4 Å². The van der Waals surface area contributed by atoms with Gasteiger partial charge in [0.05, 0.1) is 24.8 Å². The van der Waals surface area contributed by atoms with Crippen LogP contribution in [0.1, 0.15) is 96.4 Å². The molecule has 12 nitrogen and oxygen atoms in total. The van der Waals surface area contributed by atoms with E-state index >= 15 is 0 Å². The van der Waals surface area contributed by atoms with E-state index in [1.54, 1.807) is 71.6 Å². The standard InChI is InChI=1S/C48H65N3O9Si/c1-46(2,3)59-45(55)51(32-41(60-61(7,8)47(4,5)6)37-21-23-39(52)43-38(37)22-24-42(53)49-43)27-13-10-14-30-57-36-19-17-35(18-20-36)48(56,34-15-11-9-12-16-34)44(54)58-40-31-50-28-25-33(40)26-29-50/h9,11-12,15-24,33,40-41,52,56H,10,13-14,25-32H2,1-8H3,(H,49,53)/t40-,41-,48?/m0/s1. The number of carbonyl (C=O) groups excluding carboxylic acids is 2. The fraction of sp³-hybridized carbons (Fsp3) is 0.521. The minimum absolute atomic E-state index is 0.0436. The highest BCUT2D eigenvalue weighted by Gasteiger charge is 2.46. The minimum Gasteiger partial charge on any atom is -0.506 e. The van der Waals surface area contributed by atoms with Gasteiger partial charge in [-0.15, -0.1) is 0 Å². The van der Waals surface area contributed by atoms with E-state index in [4.69, 9.17) is 18.6 Å². The number of phenolic OH excluding ortho intramolecular Hbond substituents is 1. The van der Waals surface area contributed by atoms with Gasteiger partial charge in [-0.25, -0.2) is 9.59 Å². The Balaban J connectivity index is 1.11. The third kappa shape index (κ3) is 11.0. The number of nitrogens with zero attached hydrogens (tertiary/aromatic N) is 2. The van der Waals surface area contributed by atoms with E-state index in [1.165, 1.54) is 6.07 Å². The lowest BCUT2D eigenvalue weighted by molar-refractivity contribution is -0.177. The summed E-state index contributed by atoms with van der Waals surface area (Å²) in [5.41, 5.74) is -1.09. The van der Waals surface area contributed by atoms with Gasteiger partial charge >= 0.3 is 12.1 Å². The number of hydrogen-bond donors (Lipinski definition) is 3. The quantitative estimate of drug-likeness (QED) is 0.0568. The number of piperidine rings is 3. The third-order valence-corrected chi connectivity index (χ3v) is 17.0. The van der Waals surface area contributed by atoms with Crippen molar-refractivity contribution in [1.29, 1.82) is 0 Å². The summed E-state index contributed by atoms with van der Waals surface area (Å²) >= 11 is 0.